The van der Waals surface area contributed by atoms with Crippen molar-refractivity contribution >= 4 is 23.2 Å². The molecule has 0 radical (unpaired) electrons. The van der Waals surface area contributed by atoms with Crippen LogP contribution in [0.2, 0.25) is 5.02 Å². The number of halogens is 2. The molecule has 0 bridgehead atoms. The fraction of sp³-hybridized carbons (Fsp3) is 0. The first-order chi connectivity index (χ1) is 10.6. The maximum absolute atomic E-state index is 13.7. The quantitative estimate of drug-likeness (QED) is 0.806. The number of carbonyl (C=O) groups excluding carboxylic acids is 1. The second-order valence-corrected chi connectivity index (χ2v) is 4.73. The smallest absolute Gasteiger partial charge is 0.260 e. The van der Waals surface area contributed by atoms with Gasteiger partial charge in [0.2, 0.25) is 0 Å². The third-order valence-electron chi connectivity index (χ3n) is 2.88. The lowest BCUT2D eigenvalue weighted by Gasteiger charge is -2.08. The van der Waals surface area contributed by atoms with Crippen molar-refractivity contribution in [3.63, 3.8) is 0 Å². The van der Waals surface area contributed by atoms with Gasteiger partial charge < -0.3 is 5.32 Å². The average molecular weight is 318 g/mol. The van der Waals surface area contributed by atoms with Crippen molar-refractivity contribution in [2.75, 3.05) is 5.32 Å². The van der Waals surface area contributed by atoms with Crippen LogP contribution in [-0.2, 0) is 0 Å². The molecule has 0 saturated heterocycles. The summed E-state index contributed by atoms with van der Waals surface area (Å²) in [5.74, 6) is -0.729. The van der Waals surface area contributed by atoms with Crippen LogP contribution in [0.1, 0.15) is 10.4 Å². The van der Waals surface area contributed by atoms with Crippen LogP contribution in [0, 0.1) is 5.82 Å². The molecule has 0 aliphatic carbocycles. The van der Waals surface area contributed by atoms with Crippen LogP contribution in [0.25, 0.3) is 5.82 Å². The predicted octanol–water partition coefficient (Wildman–Crippen LogP) is 2.71. The highest BCUT2D eigenvalue weighted by atomic mass is 35.5. The molecule has 1 aromatic carbocycles. The van der Waals surface area contributed by atoms with Gasteiger partial charge in [-0.05, 0) is 24.3 Å². The third kappa shape index (κ3) is 2.79. The summed E-state index contributed by atoms with van der Waals surface area (Å²) in [6.07, 6.45) is 4.45. The molecular weight excluding hydrogens is 309 g/mol. The van der Waals surface area contributed by atoms with E-state index in [1.807, 2.05) is 0 Å². The third-order valence-corrected chi connectivity index (χ3v) is 3.19. The van der Waals surface area contributed by atoms with Gasteiger partial charge in [-0.25, -0.2) is 9.37 Å². The van der Waals surface area contributed by atoms with Crippen molar-refractivity contribution < 1.29 is 9.18 Å². The zero-order valence-corrected chi connectivity index (χ0v) is 11.8. The molecule has 0 aliphatic rings. The van der Waals surface area contributed by atoms with Crippen LogP contribution >= 0.6 is 11.6 Å². The maximum Gasteiger partial charge on any atom is 0.260 e. The zero-order chi connectivity index (χ0) is 15.5. The van der Waals surface area contributed by atoms with E-state index >= 15 is 0 Å². The zero-order valence-electron chi connectivity index (χ0n) is 11.1. The first-order valence-corrected chi connectivity index (χ1v) is 6.59. The summed E-state index contributed by atoms with van der Waals surface area (Å²) in [6.45, 7) is 0. The van der Waals surface area contributed by atoms with Crippen LogP contribution in [-0.4, -0.2) is 25.7 Å². The van der Waals surface area contributed by atoms with Crippen LogP contribution in [0.4, 0.5) is 10.1 Å². The lowest BCUT2D eigenvalue weighted by molar-refractivity contribution is 0.102. The van der Waals surface area contributed by atoms with Crippen molar-refractivity contribution in [1.29, 1.82) is 0 Å². The highest BCUT2D eigenvalue weighted by molar-refractivity contribution is 6.34. The van der Waals surface area contributed by atoms with Crippen LogP contribution in [0.3, 0.4) is 0 Å². The van der Waals surface area contributed by atoms with E-state index in [-0.39, 0.29) is 10.6 Å². The topological polar surface area (TPSA) is 72.7 Å². The number of nitrogens with zero attached hydrogens (tertiary/aromatic N) is 4. The largest absolute Gasteiger partial charge is 0.320 e. The molecule has 3 aromatic rings. The number of carbonyl (C=O) groups is 1. The lowest BCUT2D eigenvalue weighted by atomic mass is 10.2. The molecule has 0 aliphatic heterocycles. The molecule has 0 fully saturated rings. The first-order valence-electron chi connectivity index (χ1n) is 6.21. The Labute approximate surface area is 129 Å². The summed E-state index contributed by atoms with van der Waals surface area (Å²) in [5, 5.41) is 9.94. The summed E-state index contributed by atoms with van der Waals surface area (Å²) in [5.41, 5.74) is 0.216. The Morgan fingerprint density at radius 3 is 2.59 bits per heavy atom. The van der Waals surface area contributed by atoms with Gasteiger partial charge in [-0.1, -0.05) is 17.7 Å². The molecule has 22 heavy (non-hydrogen) atoms. The van der Waals surface area contributed by atoms with Crippen molar-refractivity contribution in [2.45, 2.75) is 0 Å². The van der Waals surface area contributed by atoms with E-state index in [9.17, 15) is 9.18 Å². The molecule has 110 valence electrons. The predicted molar refractivity (Wildman–Crippen MR) is 78.5 cm³/mol. The molecule has 1 amide bonds. The maximum atomic E-state index is 13.7. The number of pyridine rings is 1. The molecule has 2 aromatic heterocycles. The summed E-state index contributed by atoms with van der Waals surface area (Å²) in [4.78, 5) is 16.2. The molecule has 8 heteroatoms. The van der Waals surface area contributed by atoms with Crippen molar-refractivity contribution in [3.8, 4) is 5.82 Å². The molecular formula is C14H9ClFN5O. The Kier molecular flexibility index (Phi) is 3.80. The molecule has 3 rings (SSSR count). The van der Waals surface area contributed by atoms with E-state index in [2.05, 4.69) is 20.5 Å². The van der Waals surface area contributed by atoms with Gasteiger partial charge in [0, 0.05) is 0 Å². The van der Waals surface area contributed by atoms with E-state index in [1.165, 1.54) is 37.1 Å². The van der Waals surface area contributed by atoms with Gasteiger partial charge in [0.05, 0.1) is 22.5 Å². The monoisotopic (exact) mass is 317 g/mol. The summed E-state index contributed by atoms with van der Waals surface area (Å²) in [6, 6.07) is 7.36. The molecule has 1 N–H and O–H groups in total. The summed E-state index contributed by atoms with van der Waals surface area (Å²) < 4.78 is 15.3. The highest BCUT2D eigenvalue weighted by Crippen LogP contribution is 2.20. The van der Waals surface area contributed by atoms with E-state index < -0.39 is 11.7 Å². The fourth-order valence-electron chi connectivity index (χ4n) is 1.84. The molecule has 6 nitrogen and oxygen atoms in total. The molecule has 0 unspecified atom stereocenters. The van der Waals surface area contributed by atoms with Crippen LogP contribution in [0.5, 0.6) is 0 Å². The number of nitrogens with one attached hydrogen (secondary N) is 1. The number of rotatable bonds is 3. The number of aromatic nitrogens is 4. The normalized spacial score (nSPS) is 10.5. The van der Waals surface area contributed by atoms with Gasteiger partial charge in [0.15, 0.2) is 0 Å². The number of anilines is 1. The first kappa shape index (κ1) is 14.2. The Morgan fingerprint density at radius 1 is 1.18 bits per heavy atom. The number of benzene rings is 1. The Bertz CT molecular complexity index is 784. The summed E-state index contributed by atoms with van der Waals surface area (Å²) >= 11 is 5.85. The van der Waals surface area contributed by atoms with Gasteiger partial charge >= 0.3 is 0 Å². The van der Waals surface area contributed by atoms with E-state index in [0.29, 0.717) is 11.5 Å². The number of hydrogen-bond acceptors (Lipinski definition) is 4. The molecule has 0 saturated carbocycles. The van der Waals surface area contributed by atoms with Gasteiger partial charge in [-0.15, -0.1) is 10.2 Å². The van der Waals surface area contributed by atoms with Gasteiger partial charge in [-0.2, -0.15) is 0 Å². The second kappa shape index (κ2) is 5.90. The van der Waals surface area contributed by atoms with Gasteiger partial charge in [-0.3, -0.25) is 9.36 Å². The van der Waals surface area contributed by atoms with E-state index in [0.717, 1.165) is 0 Å². The van der Waals surface area contributed by atoms with E-state index in [4.69, 9.17) is 11.6 Å². The minimum absolute atomic E-state index is 0.0477. The standard InChI is InChI=1S/C14H9ClFN5O/c15-10-2-1-3-11(16)13(10)14(22)20-9-4-5-12(17-6-9)21-7-18-19-8-21/h1-8H,(H,20,22). The lowest BCUT2D eigenvalue weighted by Crippen LogP contribution is -2.14. The molecule has 2 heterocycles. The Morgan fingerprint density at radius 2 is 1.95 bits per heavy atom. The SMILES string of the molecule is O=C(Nc1ccc(-n2cnnc2)nc1)c1c(F)cccc1Cl. The van der Waals surface area contributed by atoms with Crippen LogP contribution < -0.4 is 5.32 Å². The van der Waals surface area contributed by atoms with Gasteiger partial charge in [0.1, 0.15) is 24.3 Å². The highest BCUT2D eigenvalue weighted by Gasteiger charge is 2.15. The second-order valence-electron chi connectivity index (χ2n) is 4.33. The Hall–Kier alpha value is -2.80. The van der Waals surface area contributed by atoms with Crippen LogP contribution in [0.15, 0.2) is 49.2 Å². The van der Waals surface area contributed by atoms with Gasteiger partial charge in [0.25, 0.3) is 5.91 Å². The van der Waals surface area contributed by atoms with Crippen molar-refractivity contribution in [2.24, 2.45) is 0 Å². The van der Waals surface area contributed by atoms with Crippen molar-refractivity contribution in [3.05, 3.63) is 65.6 Å². The Balaban J connectivity index is 1.80. The van der Waals surface area contributed by atoms with E-state index in [1.54, 1.807) is 16.7 Å². The average Bonchev–Trinajstić information content (AvgIpc) is 3.02. The number of amides is 1. The minimum Gasteiger partial charge on any atom is -0.320 e. The number of hydrogen-bond donors (Lipinski definition) is 1. The molecule has 0 spiro atoms. The molecule has 0 atom stereocenters. The summed E-state index contributed by atoms with van der Waals surface area (Å²) in [7, 11) is 0. The minimum atomic E-state index is -0.681. The van der Waals surface area contributed by atoms with Crippen molar-refractivity contribution in [1.82, 2.24) is 19.7 Å². The fourth-order valence-corrected chi connectivity index (χ4v) is 2.09.